The normalized spacial score (nSPS) is 17.2. The fourth-order valence-corrected chi connectivity index (χ4v) is 4.58. The van der Waals surface area contributed by atoms with Crippen LogP contribution in [0.15, 0.2) is 35.4 Å². The number of aromatic nitrogens is 3. The Balaban J connectivity index is 1.51. The van der Waals surface area contributed by atoms with Crippen molar-refractivity contribution in [3.05, 3.63) is 46.5 Å². The largest absolute Gasteiger partial charge is 0.416 e. The van der Waals surface area contributed by atoms with Crippen molar-refractivity contribution in [1.82, 2.24) is 14.5 Å². The molecule has 0 aliphatic carbocycles. The quantitative estimate of drug-likeness (QED) is 0.654. The second kappa shape index (κ2) is 8.29. The number of halogens is 3. The molecule has 0 bridgehead atoms. The maximum absolute atomic E-state index is 12.8. The smallest absolute Gasteiger partial charge is 0.348 e. The van der Waals surface area contributed by atoms with Gasteiger partial charge < -0.3 is 10.2 Å². The molecule has 0 unspecified atom stereocenters. The van der Waals surface area contributed by atoms with Crippen molar-refractivity contribution in [2.24, 2.45) is 5.92 Å². The number of amides is 1. The number of carbonyl (C=O) groups is 1. The number of hydrogen-bond donors (Lipinski definition) is 1. The van der Waals surface area contributed by atoms with Crippen molar-refractivity contribution in [1.29, 1.82) is 0 Å². The van der Waals surface area contributed by atoms with E-state index in [0.717, 1.165) is 47.8 Å². The van der Waals surface area contributed by atoms with Gasteiger partial charge in [0, 0.05) is 18.8 Å². The maximum atomic E-state index is 12.8. The zero-order valence-electron chi connectivity index (χ0n) is 16.6. The van der Waals surface area contributed by atoms with E-state index in [9.17, 15) is 22.8 Å². The van der Waals surface area contributed by atoms with Gasteiger partial charge in [0.15, 0.2) is 10.8 Å². The Morgan fingerprint density at radius 1 is 1.35 bits per heavy atom. The van der Waals surface area contributed by atoms with Gasteiger partial charge in [0.2, 0.25) is 5.91 Å². The number of thiazole rings is 1. The summed E-state index contributed by atoms with van der Waals surface area (Å²) in [5, 5.41) is 3.13. The van der Waals surface area contributed by atoms with Crippen molar-refractivity contribution in [2.75, 3.05) is 23.3 Å². The number of nitrogens with zero attached hydrogens (tertiary/aromatic N) is 4. The highest BCUT2D eigenvalue weighted by molar-refractivity contribution is 7.22. The van der Waals surface area contributed by atoms with Gasteiger partial charge in [0.05, 0.1) is 5.56 Å². The van der Waals surface area contributed by atoms with Crippen LogP contribution in [-0.4, -0.2) is 33.5 Å². The van der Waals surface area contributed by atoms with Gasteiger partial charge in [-0.15, -0.1) is 0 Å². The lowest BCUT2D eigenvalue weighted by molar-refractivity contribution is -0.137. The summed E-state index contributed by atoms with van der Waals surface area (Å²) in [6, 6.07) is 4.32. The molecule has 1 aliphatic heterocycles. The van der Waals surface area contributed by atoms with Crippen LogP contribution < -0.4 is 15.8 Å². The van der Waals surface area contributed by atoms with Crippen molar-refractivity contribution < 1.29 is 18.0 Å². The molecule has 4 rings (SSSR count). The Morgan fingerprint density at radius 3 is 2.90 bits per heavy atom. The lowest BCUT2D eigenvalue weighted by atomic mass is 10.0. The summed E-state index contributed by atoms with van der Waals surface area (Å²) in [5.74, 6) is -0.0814. The molecule has 31 heavy (non-hydrogen) atoms. The monoisotopic (exact) mass is 451 g/mol. The predicted octanol–water partition coefficient (Wildman–Crippen LogP) is 3.75. The lowest BCUT2D eigenvalue weighted by Gasteiger charge is -2.30. The SMILES string of the molecule is C[C@@H]1CCCN(c2nc3ncn(CC(=O)Nc4cccc(C(F)(F)F)c4)c(=O)c3s2)C1. The fraction of sp³-hybridized carbons (Fsp3) is 0.400. The average molecular weight is 451 g/mol. The van der Waals surface area contributed by atoms with Crippen LogP contribution in [0.4, 0.5) is 24.0 Å². The summed E-state index contributed by atoms with van der Waals surface area (Å²) in [7, 11) is 0. The van der Waals surface area contributed by atoms with Gasteiger partial charge in [-0.25, -0.2) is 4.98 Å². The number of anilines is 2. The Labute approximate surface area is 179 Å². The first-order chi connectivity index (χ1) is 14.7. The second-order valence-electron chi connectivity index (χ2n) is 7.65. The van der Waals surface area contributed by atoms with Gasteiger partial charge >= 0.3 is 6.18 Å². The molecular weight excluding hydrogens is 431 g/mol. The van der Waals surface area contributed by atoms with Gasteiger partial charge in [0.25, 0.3) is 5.56 Å². The van der Waals surface area contributed by atoms with E-state index >= 15 is 0 Å². The van der Waals surface area contributed by atoms with Crippen LogP contribution in [0.3, 0.4) is 0 Å². The molecular formula is C20H20F3N5O2S. The number of benzene rings is 1. The molecule has 1 aromatic carbocycles. The molecule has 11 heteroatoms. The lowest BCUT2D eigenvalue weighted by Crippen LogP contribution is -2.34. The van der Waals surface area contributed by atoms with Gasteiger partial charge in [-0.3, -0.25) is 14.2 Å². The van der Waals surface area contributed by atoms with E-state index in [0.29, 0.717) is 16.3 Å². The number of fused-ring (bicyclic) bond motifs is 1. The highest BCUT2D eigenvalue weighted by Gasteiger charge is 2.30. The zero-order chi connectivity index (χ0) is 22.2. The minimum Gasteiger partial charge on any atom is -0.348 e. The van der Waals surface area contributed by atoms with Gasteiger partial charge in [-0.05, 0) is 37.0 Å². The first-order valence-corrected chi connectivity index (χ1v) is 10.6. The molecule has 0 radical (unpaired) electrons. The van der Waals surface area contributed by atoms with E-state index in [1.807, 2.05) is 0 Å². The number of rotatable bonds is 4. The Morgan fingerprint density at radius 2 is 2.16 bits per heavy atom. The van der Waals surface area contributed by atoms with E-state index in [1.54, 1.807) is 0 Å². The van der Waals surface area contributed by atoms with E-state index < -0.39 is 23.2 Å². The third kappa shape index (κ3) is 4.71. The standard InChI is InChI=1S/C20H20F3N5O2S/c1-12-4-3-7-27(9-12)19-26-17-16(31-19)18(30)28(11-24-17)10-15(29)25-14-6-2-5-13(8-14)20(21,22)23/h2,5-6,8,11-12H,3-4,7,9-10H2,1H3,(H,25,29)/t12-/m1/s1. The Hall–Kier alpha value is -2.95. The third-order valence-corrected chi connectivity index (χ3v) is 6.18. The van der Waals surface area contributed by atoms with Crippen LogP contribution in [0.1, 0.15) is 25.3 Å². The van der Waals surface area contributed by atoms with Gasteiger partial charge in [-0.2, -0.15) is 18.2 Å². The van der Waals surface area contributed by atoms with Crippen LogP contribution in [0.25, 0.3) is 10.3 Å². The second-order valence-corrected chi connectivity index (χ2v) is 8.62. The summed E-state index contributed by atoms with van der Waals surface area (Å²) >= 11 is 1.24. The molecule has 0 saturated carbocycles. The van der Waals surface area contributed by atoms with Crippen LogP contribution in [0.5, 0.6) is 0 Å². The van der Waals surface area contributed by atoms with Gasteiger partial charge in [-0.1, -0.05) is 24.3 Å². The number of nitrogens with one attached hydrogen (secondary N) is 1. The zero-order valence-corrected chi connectivity index (χ0v) is 17.5. The molecule has 2 aromatic heterocycles. The van der Waals surface area contributed by atoms with Crippen molar-refractivity contribution in [2.45, 2.75) is 32.5 Å². The van der Waals surface area contributed by atoms with E-state index in [4.69, 9.17) is 0 Å². The molecule has 3 heterocycles. The summed E-state index contributed by atoms with van der Waals surface area (Å²) in [4.78, 5) is 35.9. The molecule has 1 fully saturated rings. The molecule has 1 N–H and O–H groups in total. The molecule has 1 atom stereocenters. The fourth-order valence-electron chi connectivity index (χ4n) is 3.57. The topological polar surface area (TPSA) is 80.1 Å². The van der Waals surface area contributed by atoms with Crippen molar-refractivity contribution in [3.8, 4) is 0 Å². The number of alkyl halides is 3. The number of piperidine rings is 1. The average Bonchev–Trinajstić information content (AvgIpc) is 3.15. The molecule has 3 aromatic rings. The first kappa shape index (κ1) is 21.3. The van der Waals surface area contributed by atoms with E-state index in [-0.39, 0.29) is 12.2 Å². The van der Waals surface area contributed by atoms with Crippen molar-refractivity contribution >= 4 is 38.4 Å². The first-order valence-electron chi connectivity index (χ1n) is 9.79. The van der Waals surface area contributed by atoms with Crippen LogP contribution in [-0.2, 0) is 17.5 Å². The van der Waals surface area contributed by atoms with Crippen LogP contribution in [0.2, 0.25) is 0 Å². The van der Waals surface area contributed by atoms with Crippen molar-refractivity contribution in [3.63, 3.8) is 0 Å². The molecule has 1 aliphatic rings. The summed E-state index contributed by atoms with van der Waals surface area (Å²) < 4.78 is 40.0. The molecule has 7 nitrogen and oxygen atoms in total. The molecule has 164 valence electrons. The summed E-state index contributed by atoms with van der Waals surface area (Å²) in [6.07, 6.45) is -1.06. The minimum absolute atomic E-state index is 0.00112. The van der Waals surface area contributed by atoms with E-state index in [1.165, 1.54) is 29.8 Å². The number of hydrogen-bond acceptors (Lipinski definition) is 6. The highest BCUT2D eigenvalue weighted by Crippen LogP contribution is 2.31. The third-order valence-electron chi connectivity index (χ3n) is 5.09. The Kier molecular flexibility index (Phi) is 5.69. The predicted molar refractivity (Wildman–Crippen MR) is 112 cm³/mol. The molecule has 0 spiro atoms. The Bertz CT molecular complexity index is 1170. The van der Waals surface area contributed by atoms with Crippen LogP contribution in [0, 0.1) is 5.92 Å². The molecule has 1 saturated heterocycles. The maximum Gasteiger partial charge on any atom is 0.416 e. The number of carbonyl (C=O) groups excluding carboxylic acids is 1. The highest BCUT2D eigenvalue weighted by atomic mass is 32.1. The van der Waals surface area contributed by atoms with E-state index in [2.05, 4.69) is 27.1 Å². The van der Waals surface area contributed by atoms with Gasteiger partial charge in [0.1, 0.15) is 17.6 Å². The summed E-state index contributed by atoms with van der Waals surface area (Å²) in [5.41, 5.74) is -0.938. The molecule has 1 amide bonds. The van der Waals surface area contributed by atoms with Crippen LogP contribution >= 0.6 is 11.3 Å². The summed E-state index contributed by atoms with van der Waals surface area (Å²) in [6.45, 7) is 3.55. The minimum atomic E-state index is -4.51.